The van der Waals surface area contributed by atoms with Crippen molar-refractivity contribution in [3.05, 3.63) is 65.8 Å². The molecule has 4 rings (SSSR count). The minimum Gasteiger partial charge on any atom is -0.344 e. The van der Waals surface area contributed by atoms with Crippen molar-refractivity contribution in [1.82, 2.24) is 15.5 Å². The minimum absolute atomic E-state index is 0.0805. The van der Waals surface area contributed by atoms with Crippen LogP contribution in [0.25, 0.3) is 11.4 Å². The maximum atomic E-state index is 13.1. The number of anilines is 1. The normalized spacial score (nSPS) is 17.2. The maximum absolute atomic E-state index is 13.1. The van der Waals surface area contributed by atoms with E-state index >= 15 is 0 Å². The molecule has 1 N–H and O–H groups in total. The lowest BCUT2D eigenvalue weighted by atomic mass is 10.1. The molecule has 0 radical (unpaired) electrons. The summed E-state index contributed by atoms with van der Waals surface area (Å²) < 4.78 is 18.3. The first-order chi connectivity index (χ1) is 14.4. The molecule has 1 aliphatic heterocycles. The first kappa shape index (κ1) is 19.8. The van der Waals surface area contributed by atoms with Gasteiger partial charge < -0.3 is 14.7 Å². The molecule has 2 unspecified atom stereocenters. The summed E-state index contributed by atoms with van der Waals surface area (Å²) in [6, 6.07) is 12.8. The standard InChI is InChI=1S/C22H21FN4O3/c1-13-3-9-18(10-4-13)27-12-16(11-19(27)28)21(29)24-14(2)22-25-20(26-30-22)15-5-7-17(23)8-6-15/h3-10,14,16H,11-12H2,1-2H3,(H,24,29). The summed E-state index contributed by atoms with van der Waals surface area (Å²) >= 11 is 0. The largest absolute Gasteiger partial charge is 0.344 e. The van der Waals surface area contributed by atoms with E-state index in [0.717, 1.165) is 11.3 Å². The number of carbonyl (C=O) groups excluding carboxylic acids is 2. The summed E-state index contributed by atoms with van der Waals surface area (Å²) in [5.74, 6) is -0.584. The van der Waals surface area contributed by atoms with Crippen LogP contribution >= 0.6 is 0 Å². The molecule has 1 aromatic heterocycles. The molecule has 1 saturated heterocycles. The van der Waals surface area contributed by atoms with E-state index in [9.17, 15) is 14.0 Å². The summed E-state index contributed by atoms with van der Waals surface area (Å²) in [7, 11) is 0. The summed E-state index contributed by atoms with van der Waals surface area (Å²) in [5.41, 5.74) is 2.50. The molecule has 2 heterocycles. The van der Waals surface area contributed by atoms with Crippen LogP contribution in [0.2, 0.25) is 0 Å². The van der Waals surface area contributed by atoms with E-state index in [1.165, 1.54) is 12.1 Å². The number of nitrogens with zero attached hydrogens (tertiary/aromatic N) is 3. The van der Waals surface area contributed by atoms with E-state index in [4.69, 9.17) is 4.52 Å². The first-order valence-corrected chi connectivity index (χ1v) is 9.67. The molecule has 0 bridgehead atoms. The molecule has 2 amide bonds. The number of hydrogen-bond donors (Lipinski definition) is 1. The second-order valence-corrected chi connectivity index (χ2v) is 7.43. The molecule has 2 aromatic carbocycles. The highest BCUT2D eigenvalue weighted by molar-refractivity contribution is 6.00. The van der Waals surface area contributed by atoms with Crippen LogP contribution in [-0.4, -0.2) is 28.5 Å². The van der Waals surface area contributed by atoms with E-state index in [0.29, 0.717) is 17.9 Å². The zero-order valence-corrected chi connectivity index (χ0v) is 16.6. The van der Waals surface area contributed by atoms with Gasteiger partial charge in [-0.25, -0.2) is 4.39 Å². The number of amides is 2. The van der Waals surface area contributed by atoms with Crippen LogP contribution in [0.5, 0.6) is 0 Å². The van der Waals surface area contributed by atoms with E-state index in [1.807, 2.05) is 31.2 Å². The molecule has 3 aromatic rings. The monoisotopic (exact) mass is 408 g/mol. The summed E-state index contributed by atoms with van der Waals surface area (Å²) in [4.78, 5) is 31.0. The van der Waals surface area contributed by atoms with Gasteiger partial charge in [-0.1, -0.05) is 22.9 Å². The number of carbonyl (C=O) groups is 2. The van der Waals surface area contributed by atoms with Crippen LogP contribution < -0.4 is 10.2 Å². The van der Waals surface area contributed by atoms with Crippen molar-refractivity contribution in [3.8, 4) is 11.4 Å². The van der Waals surface area contributed by atoms with Gasteiger partial charge in [0, 0.05) is 24.2 Å². The molecule has 8 heteroatoms. The van der Waals surface area contributed by atoms with E-state index in [2.05, 4.69) is 15.5 Å². The first-order valence-electron chi connectivity index (χ1n) is 9.67. The highest BCUT2D eigenvalue weighted by Crippen LogP contribution is 2.26. The highest BCUT2D eigenvalue weighted by Gasteiger charge is 2.36. The third-order valence-corrected chi connectivity index (χ3v) is 5.11. The predicted octanol–water partition coefficient (Wildman–Crippen LogP) is 3.41. The van der Waals surface area contributed by atoms with Crippen molar-refractivity contribution in [2.45, 2.75) is 26.3 Å². The van der Waals surface area contributed by atoms with Crippen molar-refractivity contribution in [1.29, 1.82) is 0 Å². The van der Waals surface area contributed by atoms with Gasteiger partial charge in [0.25, 0.3) is 0 Å². The van der Waals surface area contributed by atoms with Crippen molar-refractivity contribution in [3.63, 3.8) is 0 Å². The van der Waals surface area contributed by atoms with Gasteiger partial charge >= 0.3 is 0 Å². The van der Waals surface area contributed by atoms with Crippen LogP contribution in [0, 0.1) is 18.7 Å². The molecule has 30 heavy (non-hydrogen) atoms. The van der Waals surface area contributed by atoms with Crippen LogP contribution in [0.1, 0.15) is 30.8 Å². The van der Waals surface area contributed by atoms with E-state index in [-0.39, 0.29) is 29.9 Å². The second-order valence-electron chi connectivity index (χ2n) is 7.43. The zero-order chi connectivity index (χ0) is 21.3. The van der Waals surface area contributed by atoms with Crippen LogP contribution in [0.15, 0.2) is 53.1 Å². The molecule has 7 nitrogen and oxygen atoms in total. The van der Waals surface area contributed by atoms with Gasteiger partial charge in [0.2, 0.25) is 23.5 Å². The predicted molar refractivity (Wildman–Crippen MR) is 108 cm³/mol. The van der Waals surface area contributed by atoms with Gasteiger partial charge in [0.15, 0.2) is 0 Å². The van der Waals surface area contributed by atoms with Crippen LogP contribution in [0.4, 0.5) is 10.1 Å². The molecular weight excluding hydrogens is 387 g/mol. The Hall–Kier alpha value is -3.55. The summed E-state index contributed by atoms with van der Waals surface area (Å²) in [5, 5.41) is 6.73. The van der Waals surface area contributed by atoms with Gasteiger partial charge in [0.1, 0.15) is 11.9 Å². The lowest BCUT2D eigenvalue weighted by Gasteiger charge is -2.17. The number of hydrogen-bond acceptors (Lipinski definition) is 5. The average Bonchev–Trinajstić information content (AvgIpc) is 3.37. The third kappa shape index (κ3) is 4.07. The smallest absolute Gasteiger partial charge is 0.249 e. The molecule has 0 saturated carbocycles. The number of nitrogens with one attached hydrogen (secondary N) is 1. The molecule has 154 valence electrons. The fraction of sp³-hybridized carbons (Fsp3) is 0.273. The number of halogens is 1. The van der Waals surface area contributed by atoms with Crippen molar-refractivity contribution in [2.24, 2.45) is 5.92 Å². The van der Waals surface area contributed by atoms with Gasteiger partial charge in [-0.05, 0) is 50.2 Å². The Morgan fingerprint density at radius 1 is 1.20 bits per heavy atom. The van der Waals surface area contributed by atoms with Gasteiger partial charge in [0.05, 0.1) is 5.92 Å². The molecule has 0 spiro atoms. The number of aryl methyl sites for hydroxylation is 1. The van der Waals surface area contributed by atoms with E-state index < -0.39 is 12.0 Å². The van der Waals surface area contributed by atoms with Crippen molar-refractivity contribution < 1.29 is 18.5 Å². The van der Waals surface area contributed by atoms with E-state index in [1.54, 1.807) is 24.0 Å². The lowest BCUT2D eigenvalue weighted by Crippen LogP contribution is -2.34. The Balaban J connectivity index is 1.40. The Morgan fingerprint density at radius 3 is 2.60 bits per heavy atom. The number of rotatable bonds is 5. The topological polar surface area (TPSA) is 88.3 Å². The average molecular weight is 408 g/mol. The Kier molecular flexibility index (Phi) is 5.31. The van der Waals surface area contributed by atoms with Crippen LogP contribution in [0.3, 0.4) is 0 Å². The van der Waals surface area contributed by atoms with Gasteiger partial charge in [-0.15, -0.1) is 0 Å². The Morgan fingerprint density at radius 2 is 1.90 bits per heavy atom. The molecule has 0 aliphatic carbocycles. The van der Waals surface area contributed by atoms with Crippen molar-refractivity contribution in [2.75, 3.05) is 11.4 Å². The molecule has 2 atom stereocenters. The van der Waals surface area contributed by atoms with Crippen molar-refractivity contribution >= 4 is 17.5 Å². The van der Waals surface area contributed by atoms with Crippen LogP contribution in [-0.2, 0) is 9.59 Å². The highest BCUT2D eigenvalue weighted by atomic mass is 19.1. The zero-order valence-electron chi connectivity index (χ0n) is 16.6. The Labute approximate surface area is 172 Å². The molecular formula is C22H21FN4O3. The third-order valence-electron chi connectivity index (χ3n) is 5.11. The fourth-order valence-electron chi connectivity index (χ4n) is 3.38. The lowest BCUT2D eigenvalue weighted by molar-refractivity contribution is -0.127. The Bertz CT molecular complexity index is 1060. The maximum Gasteiger partial charge on any atom is 0.249 e. The van der Waals surface area contributed by atoms with Gasteiger partial charge in [-0.2, -0.15) is 4.98 Å². The quantitative estimate of drug-likeness (QED) is 0.699. The fourth-order valence-corrected chi connectivity index (χ4v) is 3.38. The summed E-state index contributed by atoms with van der Waals surface area (Å²) in [6.45, 7) is 4.03. The second kappa shape index (κ2) is 8.06. The SMILES string of the molecule is Cc1ccc(N2CC(C(=O)NC(C)c3nc(-c4ccc(F)cc4)no3)CC2=O)cc1. The van der Waals surface area contributed by atoms with Gasteiger partial charge in [-0.3, -0.25) is 9.59 Å². The minimum atomic E-state index is -0.525. The number of aromatic nitrogens is 2. The number of benzene rings is 2. The molecule has 1 aliphatic rings. The summed E-state index contributed by atoms with van der Waals surface area (Å²) in [6.07, 6.45) is 0.150. The molecule has 1 fully saturated rings.